The summed E-state index contributed by atoms with van der Waals surface area (Å²) in [7, 11) is 0. The van der Waals surface area contributed by atoms with Crippen molar-refractivity contribution in [2.75, 3.05) is 31.1 Å². The molecule has 4 rings (SSSR count). The number of aliphatic hydroxyl groups excluding tert-OH is 1. The summed E-state index contributed by atoms with van der Waals surface area (Å²) >= 11 is 7.85. The van der Waals surface area contributed by atoms with Crippen LogP contribution in [0.5, 0.6) is 0 Å². The van der Waals surface area contributed by atoms with Crippen molar-refractivity contribution in [3.8, 4) is 0 Å². The molecule has 3 aromatic rings. The number of benzene rings is 2. The number of para-hydroxylation sites is 1. The first kappa shape index (κ1) is 25.9. The highest BCUT2D eigenvalue weighted by Crippen LogP contribution is 2.26. The average Bonchev–Trinajstić information content (AvgIpc) is 3.38. The lowest BCUT2D eigenvalue weighted by molar-refractivity contribution is -0.147. The summed E-state index contributed by atoms with van der Waals surface area (Å²) in [6.45, 7) is 4.09. The number of amides is 2. The lowest BCUT2D eigenvalue weighted by Crippen LogP contribution is -2.53. The van der Waals surface area contributed by atoms with Crippen LogP contribution in [0, 0.1) is 5.92 Å². The minimum Gasteiger partial charge on any atom is -0.382 e. The molecular weight excluding hydrogens is 494 g/mol. The maximum atomic E-state index is 12.9. The van der Waals surface area contributed by atoms with Crippen LogP contribution in [0.25, 0.3) is 12.2 Å². The van der Waals surface area contributed by atoms with E-state index in [4.69, 9.17) is 11.6 Å². The van der Waals surface area contributed by atoms with Crippen LogP contribution in [0.4, 0.5) is 5.69 Å². The summed E-state index contributed by atoms with van der Waals surface area (Å²) < 4.78 is 0. The van der Waals surface area contributed by atoms with E-state index in [1.54, 1.807) is 23.2 Å². The second-order valence-corrected chi connectivity index (χ2v) is 10.2. The van der Waals surface area contributed by atoms with Gasteiger partial charge in [-0.2, -0.15) is 0 Å². The Bertz CT molecular complexity index is 1210. The van der Waals surface area contributed by atoms with E-state index in [0.717, 1.165) is 21.7 Å². The molecule has 36 heavy (non-hydrogen) atoms. The van der Waals surface area contributed by atoms with Crippen LogP contribution < -0.4 is 10.2 Å². The molecule has 8 heteroatoms. The van der Waals surface area contributed by atoms with Gasteiger partial charge in [0.2, 0.25) is 5.91 Å². The number of hydrogen-bond donors (Lipinski definition) is 2. The Morgan fingerprint density at radius 2 is 1.69 bits per heavy atom. The van der Waals surface area contributed by atoms with Gasteiger partial charge >= 0.3 is 0 Å². The number of carbonyl (C=O) groups is 2. The number of piperazine rings is 1. The highest BCUT2D eigenvalue weighted by atomic mass is 35.5. The normalized spacial score (nSPS) is 15.6. The zero-order chi connectivity index (χ0) is 25.5. The summed E-state index contributed by atoms with van der Waals surface area (Å²) in [5.74, 6) is -1.61. The minimum atomic E-state index is -1.38. The zero-order valence-corrected chi connectivity index (χ0v) is 21.7. The number of thiophene rings is 1. The van der Waals surface area contributed by atoms with E-state index >= 15 is 0 Å². The van der Waals surface area contributed by atoms with Crippen molar-refractivity contribution in [3.05, 3.63) is 87.1 Å². The van der Waals surface area contributed by atoms with Crippen LogP contribution in [-0.4, -0.2) is 54.1 Å². The van der Waals surface area contributed by atoms with Gasteiger partial charge in [0.1, 0.15) is 6.10 Å². The SMILES string of the molecule is C[C@@H](C(=O)NCc1cc(/C=C/c2ccccc2)cs1)[C@@H](O)C(=O)N1CCN(c2ccccc2Cl)CC1. The van der Waals surface area contributed by atoms with Crippen molar-refractivity contribution in [1.82, 2.24) is 10.2 Å². The molecule has 1 aliphatic heterocycles. The van der Waals surface area contributed by atoms with E-state index in [0.29, 0.717) is 37.7 Å². The molecule has 0 aliphatic carbocycles. The molecular formula is C28H30ClN3O3S. The monoisotopic (exact) mass is 523 g/mol. The predicted molar refractivity (Wildman–Crippen MR) is 147 cm³/mol. The van der Waals surface area contributed by atoms with E-state index in [2.05, 4.69) is 10.2 Å². The van der Waals surface area contributed by atoms with Gasteiger partial charge in [0.25, 0.3) is 5.91 Å². The molecule has 1 fully saturated rings. The Morgan fingerprint density at radius 1 is 1.03 bits per heavy atom. The summed E-state index contributed by atoms with van der Waals surface area (Å²) in [4.78, 5) is 30.3. The Morgan fingerprint density at radius 3 is 2.42 bits per heavy atom. The molecule has 2 heterocycles. The number of rotatable bonds is 8. The molecule has 1 aromatic heterocycles. The van der Waals surface area contributed by atoms with Crippen molar-refractivity contribution in [2.24, 2.45) is 5.92 Å². The van der Waals surface area contributed by atoms with Gasteiger partial charge in [-0.05, 0) is 34.7 Å². The number of hydrogen-bond acceptors (Lipinski definition) is 5. The van der Waals surface area contributed by atoms with Gasteiger partial charge in [-0.3, -0.25) is 9.59 Å². The van der Waals surface area contributed by atoms with Gasteiger partial charge in [-0.1, -0.05) is 73.1 Å². The van der Waals surface area contributed by atoms with Crippen LogP contribution in [0.2, 0.25) is 5.02 Å². The van der Waals surface area contributed by atoms with Crippen molar-refractivity contribution >= 4 is 52.6 Å². The number of nitrogens with zero attached hydrogens (tertiary/aromatic N) is 2. The van der Waals surface area contributed by atoms with Crippen LogP contribution in [0.15, 0.2) is 66.0 Å². The van der Waals surface area contributed by atoms with Crippen LogP contribution in [-0.2, 0) is 16.1 Å². The van der Waals surface area contributed by atoms with Crippen LogP contribution in [0.3, 0.4) is 0 Å². The van der Waals surface area contributed by atoms with Gasteiger partial charge in [0, 0.05) is 31.1 Å². The Labute approximate surface area is 220 Å². The van der Waals surface area contributed by atoms with Gasteiger partial charge < -0.3 is 20.2 Å². The third-order valence-corrected chi connectivity index (χ3v) is 7.58. The average molecular weight is 524 g/mol. The summed E-state index contributed by atoms with van der Waals surface area (Å²) in [5.41, 5.74) is 3.12. The number of carbonyl (C=O) groups excluding carboxylic acids is 2. The van der Waals surface area contributed by atoms with Crippen molar-refractivity contribution < 1.29 is 14.7 Å². The van der Waals surface area contributed by atoms with E-state index in [-0.39, 0.29) is 5.91 Å². The molecule has 2 N–H and O–H groups in total. The number of nitrogens with one attached hydrogen (secondary N) is 1. The molecule has 0 saturated carbocycles. The highest BCUT2D eigenvalue weighted by Gasteiger charge is 2.33. The molecule has 0 radical (unpaired) electrons. The predicted octanol–water partition coefficient (Wildman–Crippen LogP) is 4.53. The lowest BCUT2D eigenvalue weighted by Gasteiger charge is -2.37. The van der Waals surface area contributed by atoms with Gasteiger partial charge in [-0.15, -0.1) is 11.3 Å². The summed E-state index contributed by atoms with van der Waals surface area (Å²) in [5, 5.41) is 16.2. The lowest BCUT2D eigenvalue weighted by atomic mass is 10.0. The first-order valence-corrected chi connectivity index (χ1v) is 13.2. The van der Waals surface area contributed by atoms with Crippen molar-refractivity contribution in [1.29, 1.82) is 0 Å². The number of halogens is 1. The van der Waals surface area contributed by atoms with E-state index in [1.165, 1.54) is 0 Å². The topological polar surface area (TPSA) is 72.9 Å². The quantitative estimate of drug-likeness (QED) is 0.455. The van der Waals surface area contributed by atoms with Gasteiger partial charge in [0.05, 0.1) is 23.2 Å². The van der Waals surface area contributed by atoms with E-state index < -0.39 is 17.9 Å². The Balaban J connectivity index is 1.24. The molecule has 0 unspecified atom stereocenters. The first-order chi connectivity index (χ1) is 17.4. The molecule has 6 nitrogen and oxygen atoms in total. The fraction of sp³-hybridized carbons (Fsp3) is 0.286. The van der Waals surface area contributed by atoms with Crippen LogP contribution >= 0.6 is 22.9 Å². The summed E-state index contributed by atoms with van der Waals surface area (Å²) in [6.07, 6.45) is 2.70. The minimum absolute atomic E-state index is 0.347. The van der Waals surface area contributed by atoms with Gasteiger partial charge in [0.15, 0.2) is 0 Å². The number of anilines is 1. The molecule has 1 aliphatic rings. The zero-order valence-electron chi connectivity index (χ0n) is 20.1. The first-order valence-electron chi connectivity index (χ1n) is 12.0. The maximum absolute atomic E-state index is 12.9. The third kappa shape index (κ3) is 6.55. The van der Waals surface area contributed by atoms with E-state index in [9.17, 15) is 14.7 Å². The van der Waals surface area contributed by atoms with E-state index in [1.807, 2.05) is 78.2 Å². The molecule has 2 atom stereocenters. The second kappa shape index (κ2) is 12.2. The van der Waals surface area contributed by atoms with Crippen molar-refractivity contribution in [2.45, 2.75) is 19.6 Å². The number of aliphatic hydroxyl groups is 1. The standard InChI is InChI=1S/C28H30ClN3O3S/c1-20(26(33)28(35)32-15-13-31(14-16-32)25-10-6-5-9-24(25)29)27(34)30-18-23-17-22(19-36-23)12-11-21-7-3-2-4-8-21/h2-12,17,19-20,26,33H,13-16,18H2,1H3,(H,30,34)/b12-11+/t20-,26-/m1/s1. The molecule has 1 saturated heterocycles. The van der Waals surface area contributed by atoms with Gasteiger partial charge in [-0.25, -0.2) is 0 Å². The molecule has 0 spiro atoms. The molecule has 2 aromatic carbocycles. The third-order valence-electron chi connectivity index (χ3n) is 6.30. The van der Waals surface area contributed by atoms with Crippen molar-refractivity contribution in [3.63, 3.8) is 0 Å². The largest absolute Gasteiger partial charge is 0.382 e. The molecule has 2 amide bonds. The Kier molecular flexibility index (Phi) is 8.80. The second-order valence-electron chi connectivity index (χ2n) is 8.81. The van der Waals surface area contributed by atoms with Crippen LogP contribution in [0.1, 0.15) is 22.9 Å². The summed E-state index contributed by atoms with van der Waals surface area (Å²) in [6, 6.07) is 19.7. The molecule has 0 bridgehead atoms. The fourth-order valence-electron chi connectivity index (χ4n) is 4.09. The fourth-order valence-corrected chi connectivity index (χ4v) is 5.14. The smallest absolute Gasteiger partial charge is 0.252 e. The maximum Gasteiger partial charge on any atom is 0.252 e. The molecule has 188 valence electrons. The Hall–Kier alpha value is -3.13. The highest BCUT2D eigenvalue weighted by molar-refractivity contribution is 7.10.